The van der Waals surface area contributed by atoms with E-state index in [0.717, 1.165) is 6.42 Å². The molecule has 15 heavy (non-hydrogen) atoms. The van der Waals surface area contributed by atoms with Crippen molar-refractivity contribution in [1.29, 1.82) is 0 Å². The molecule has 0 radical (unpaired) electrons. The molecule has 3 heteroatoms. The largest absolute Gasteiger partial charge is 0.380 e. The third-order valence-corrected chi connectivity index (χ3v) is 2.22. The Morgan fingerprint density at radius 2 is 2.00 bits per heavy atom. The van der Waals surface area contributed by atoms with Gasteiger partial charge in [-0.15, -0.1) is 0 Å². The number of nitrogens with one attached hydrogen (secondary N) is 1. The van der Waals surface area contributed by atoms with Gasteiger partial charge in [-0.3, -0.25) is 4.79 Å². The maximum absolute atomic E-state index is 9.98. The molecular formula is C12H17NO2. The maximum Gasteiger partial charge on any atom is 0.239 e. The number of hydrogen-bond acceptors (Lipinski definition) is 2. The fourth-order valence-electron chi connectivity index (χ4n) is 1.40. The average molecular weight is 207 g/mol. The molecule has 0 saturated carbocycles. The summed E-state index contributed by atoms with van der Waals surface area (Å²) in [5.41, 5.74) is 3.46. The lowest BCUT2D eigenvalue weighted by Gasteiger charge is -2.04. The minimum atomic E-state index is 0.509. The highest BCUT2D eigenvalue weighted by molar-refractivity contribution is 5.44. The molecule has 0 spiro atoms. The number of hydrogen-bond donors (Lipinski definition) is 1. The van der Waals surface area contributed by atoms with Crippen molar-refractivity contribution in [2.45, 2.75) is 32.6 Å². The van der Waals surface area contributed by atoms with Crippen molar-refractivity contribution in [2.24, 2.45) is 0 Å². The SMILES string of the molecule is CCCCCc1ccc(ONC=O)cc1. The van der Waals surface area contributed by atoms with Gasteiger partial charge in [0.05, 0.1) is 0 Å². The first-order chi connectivity index (χ1) is 7.36. The summed E-state index contributed by atoms with van der Waals surface area (Å²) < 4.78 is 0. The van der Waals surface area contributed by atoms with Crippen LogP contribution in [0.15, 0.2) is 24.3 Å². The molecule has 0 atom stereocenters. The molecule has 0 fully saturated rings. The lowest BCUT2D eigenvalue weighted by atomic mass is 10.1. The Morgan fingerprint density at radius 3 is 2.60 bits per heavy atom. The first-order valence-corrected chi connectivity index (χ1v) is 5.31. The molecule has 0 aliphatic heterocycles. The van der Waals surface area contributed by atoms with Crippen molar-refractivity contribution < 1.29 is 9.63 Å². The molecule has 3 nitrogen and oxygen atoms in total. The molecule has 1 aromatic carbocycles. The van der Waals surface area contributed by atoms with Gasteiger partial charge < -0.3 is 4.84 Å². The number of hydroxylamine groups is 1. The number of benzene rings is 1. The molecule has 0 aromatic heterocycles. The molecule has 0 unspecified atom stereocenters. The number of amides is 1. The summed E-state index contributed by atoms with van der Waals surface area (Å²) in [6.45, 7) is 2.20. The molecule has 0 heterocycles. The van der Waals surface area contributed by atoms with Gasteiger partial charge in [-0.2, -0.15) is 5.48 Å². The summed E-state index contributed by atoms with van der Waals surface area (Å²) >= 11 is 0. The monoisotopic (exact) mass is 207 g/mol. The van der Waals surface area contributed by atoms with Gasteiger partial charge in [-0.05, 0) is 30.5 Å². The zero-order chi connectivity index (χ0) is 10.9. The second kappa shape index (κ2) is 6.87. The van der Waals surface area contributed by atoms with E-state index >= 15 is 0 Å². The number of aryl methyl sites for hydroxylation is 1. The van der Waals surface area contributed by atoms with Crippen LogP contribution in [0.25, 0.3) is 0 Å². The van der Waals surface area contributed by atoms with Gasteiger partial charge in [0.1, 0.15) is 0 Å². The summed E-state index contributed by atoms with van der Waals surface area (Å²) in [5.74, 6) is 0.654. The van der Waals surface area contributed by atoms with E-state index in [-0.39, 0.29) is 0 Å². The van der Waals surface area contributed by atoms with E-state index in [9.17, 15) is 4.79 Å². The van der Waals surface area contributed by atoms with Crippen LogP contribution in [0.1, 0.15) is 31.7 Å². The average Bonchev–Trinajstić information content (AvgIpc) is 2.28. The molecular weight excluding hydrogens is 190 g/mol. The van der Waals surface area contributed by atoms with Crippen molar-refractivity contribution in [2.75, 3.05) is 0 Å². The van der Waals surface area contributed by atoms with Crippen molar-refractivity contribution in [3.63, 3.8) is 0 Å². The highest BCUT2D eigenvalue weighted by Gasteiger charge is 1.95. The van der Waals surface area contributed by atoms with E-state index in [4.69, 9.17) is 4.84 Å². The number of unbranched alkanes of at least 4 members (excludes halogenated alkanes) is 2. The minimum absolute atomic E-state index is 0.509. The van der Waals surface area contributed by atoms with Crippen LogP contribution in [-0.2, 0) is 11.2 Å². The summed E-state index contributed by atoms with van der Waals surface area (Å²) in [6, 6.07) is 7.77. The number of rotatable bonds is 7. The molecule has 0 aliphatic rings. The van der Waals surface area contributed by atoms with Crippen LogP contribution in [0.3, 0.4) is 0 Å². The molecule has 1 N–H and O–H groups in total. The van der Waals surface area contributed by atoms with Gasteiger partial charge in [0.2, 0.25) is 6.41 Å². The van der Waals surface area contributed by atoms with Gasteiger partial charge in [0, 0.05) is 0 Å². The van der Waals surface area contributed by atoms with Crippen LogP contribution in [0.5, 0.6) is 5.75 Å². The standard InChI is InChI=1S/C12H17NO2/c1-2-3-4-5-11-6-8-12(9-7-11)15-13-10-14/h6-10H,2-5H2,1H3,(H,13,14). The Morgan fingerprint density at radius 1 is 1.27 bits per heavy atom. The van der Waals surface area contributed by atoms with Gasteiger partial charge in [0.15, 0.2) is 5.75 Å². The number of carbonyl (C=O) groups is 1. The zero-order valence-corrected chi connectivity index (χ0v) is 9.03. The molecule has 1 amide bonds. The Balaban J connectivity index is 2.38. The molecule has 0 aliphatic carbocycles. The third kappa shape index (κ3) is 4.49. The lowest BCUT2D eigenvalue weighted by Crippen LogP contribution is -2.15. The smallest absolute Gasteiger partial charge is 0.239 e. The van der Waals surface area contributed by atoms with E-state index in [1.54, 1.807) is 0 Å². The van der Waals surface area contributed by atoms with E-state index in [2.05, 4.69) is 12.4 Å². The fraction of sp³-hybridized carbons (Fsp3) is 0.417. The van der Waals surface area contributed by atoms with Crippen LogP contribution in [0.4, 0.5) is 0 Å². The third-order valence-electron chi connectivity index (χ3n) is 2.22. The molecule has 0 saturated heterocycles. The van der Waals surface area contributed by atoms with Crippen LogP contribution in [-0.4, -0.2) is 6.41 Å². The van der Waals surface area contributed by atoms with E-state index in [1.165, 1.54) is 24.8 Å². The van der Waals surface area contributed by atoms with E-state index < -0.39 is 0 Å². The molecule has 1 rings (SSSR count). The molecule has 1 aromatic rings. The Hall–Kier alpha value is -1.51. The van der Waals surface area contributed by atoms with Gasteiger partial charge in [-0.1, -0.05) is 31.9 Å². The zero-order valence-electron chi connectivity index (χ0n) is 9.03. The van der Waals surface area contributed by atoms with Gasteiger partial charge in [0.25, 0.3) is 0 Å². The van der Waals surface area contributed by atoms with E-state index in [1.807, 2.05) is 24.3 Å². The van der Waals surface area contributed by atoms with Crippen molar-refractivity contribution in [3.8, 4) is 5.75 Å². The Labute approximate surface area is 90.4 Å². The summed E-state index contributed by atoms with van der Waals surface area (Å²) in [5, 5.41) is 0. The Kier molecular flexibility index (Phi) is 5.30. The maximum atomic E-state index is 9.98. The molecule has 0 bridgehead atoms. The fourth-order valence-corrected chi connectivity index (χ4v) is 1.40. The highest BCUT2D eigenvalue weighted by atomic mass is 16.6. The minimum Gasteiger partial charge on any atom is -0.380 e. The predicted molar refractivity (Wildman–Crippen MR) is 59.5 cm³/mol. The van der Waals surface area contributed by atoms with E-state index in [0.29, 0.717) is 12.2 Å². The summed E-state index contributed by atoms with van der Waals surface area (Å²) in [4.78, 5) is 14.9. The normalized spacial score (nSPS) is 9.67. The van der Waals surface area contributed by atoms with Crippen LogP contribution < -0.4 is 10.3 Å². The topological polar surface area (TPSA) is 38.3 Å². The predicted octanol–water partition coefficient (Wildman–Crippen LogP) is 2.46. The van der Waals surface area contributed by atoms with Gasteiger partial charge in [-0.25, -0.2) is 0 Å². The summed E-state index contributed by atoms with van der Waals surface area (Å²) in [7, 11) is 0. The van der Waals surface area contributed by atoms with Crippen molar-refractivity contribution in [3.05, 3.63) is 29.8 Å². The second-order valence-corrected chi connectivity index (χ2v) is 3.44. The van der Waals surface area contributed by atoms with Crippen LogP contribution in [0, 0.1) is 0 Å². The molecule has 82 valence electrons. The lowest BCUT2D eigenvalue weighted by molar-refractivity contribution is -0.115. The van der Waals surface area contributed by atoms with Crippen molar-refractivity contribution >= 4 is 6.41 Å². The Bertz CT molecular complexity index is 282. The highest BCUT2D eigenvalue weighted by Crippen LogP contribution is 2.13. The second-order valence-electron chi connectivity index (χ2n) is 3.44. The summed E-state index contributed by atoms with van der Waals surface area (Å²) in [6.07, 6.45) is 5.35. The first kappa shape index (κ1) is 11.6. The van der Waals surface area contributed by atoms with Crippen molar-refractivity contribution in [1.82, 2.24) is 5.48 Å². The first-order valence-electron chi connectivity index (χ1n) is 5.31. The van der Waals surface area contributed by atoms with Crippen LogP contribution >= 0.6 is 0 Å². The van der Waals surface area contributed by atoms with Gasteiger partial charge >= 0.3 is 0 Å². The van der Waals surface area contributed by atoms with Crippen LogP contribution in [0.2, 0.25) is 0 Å². The quantitative estimate of drug-likeness (QED) is 0.423. The number of carbonyl (C=O) groups excluding carboxylic acids is 1.